The van der Waals surface area contributed by atoms with Crippen LogP contribution in [-0.2, 0) is 6.42 Å². The zero-order valence-electron chi connectivity index (χ0n) is 15.9. The van der Waals surface area contributed by atoms with E-state index in [1.54, 1.807) is 12.1 Å². The Morgan fingerprint density at radius 1 is 1.10 bits per heavy atom. The molecule has 29 heavy (non-hydrogen) atoms. The topological polar surface area (TPSA) is 92.2 Å². The molecule has 146 valence electrons. The van der Waals surface area contributed by atoms with Crippen molar-refractivity contribution in [3.05, 3.63) is 84.2 Å². The Bertz CT molecular complexity index is 1090. The van der Waals surface area contributed by atoms with Crippen LogP contribution in [0.2, 0.25) is 0 Å². The average molecular weight is 387 g/mol. The van der Waals surface area contributed by atoms with Gasteiger partial charge in [-0.3, -0.25) is 4.79 Å². The van der Waals surface area contributed by atoms with E-state index < -0.39 is 0 Å². The van der Waals surface area contributed by atoms with Crippen molar-refractivity contribution in [1.29, 1.82) is 0 Å². The van der Waals surface area contributed by atoms with Crippen LogP contribution < -0.4 is 10.3 Å². The van der Waals surface area contributed by atoms with E-state index in [0.717, 1.165) is 28.8 Å². The lowest BCUT2D eigenvalue weighted by molar-refractivity contribution is -0.377. The maximum Gasteiger partial charge on any atom is 0.251 e. The van der Waals surface area contributed by atoms with Crippen LogP contribution in [0, 0.1) is 0 Å². The molecule has 0 aliphatic carbocycles. The standard InChI is InChI=1S/C23H22N4O2/c28-15-19(8-6-16-4-2-1-3-5-16)25-23(29)18-7-9-20-21(14-18)27-22(26-20)17-10-12-24-13-11-17/h1-5,7,9-14,19,28H,6,8,15H2,(H,25,29)(H,26,27)/p+1/t19-/m0/s1. The molecular weight excluding hydrogens is 364 g/mol. The second-order valence-electron chi connectivity index (χ2n) is 6.98. The number of nitrogens with zero attached hydrogens (tertiary/aromatic N) is 1. The third-order valence-electron chi connectivity index (χ3n) is 4.92. The van der Waals surface area contributed by atoms with Crippen LogP contribution in [0.4, 0.5) is 0 Å². The molecule has 6 heteroatoms. The van der Waals surface area contributed by atoms with Crippen molar-refractivity contribution in [2.75, 3.05) is 6.61 Å². The molecule has 1 atom stereocenters. The first-order chi connectivity index (χ1) is 14.2. The highest BCUT2D eigenvalue weighted by Gasteiger charge is 2.15. The van der Waals surface area contributed by atoms with E-state index in [0.29, 0.717) is 12.0 Å². The van der Waals surface area contributed by atoms with Gasteiger partial charge in [0.25, 0.3) is 5.91 Å². The second-order valence-corrected chi connectivity index (χ2v) is 6.98. The van der Waals surface area contributed by atoms with Gasteiger partial charge in [-0.15, -0.1) is 0 Å². The molecule has 0 aliphatic heterocycles. The lowest BCUT2D eigenvalue weighted by atomic mass is 10.1. The summed E-state index contributed by atoms with van der Waals surface area (Å²) < 4.78 is 0. The Balaban J connectivity index is 1.46. The fourth-order valence-electron chi connectivity index (χ4n) is 3.30. The highest BCUT2D eigenvalue weighted by atomic mass is 16.3. The van der Waals surface area contributed by atoms with Crippen LogP contribution in [0.5, 0.6) is 0 Å². The molecule has 0 unspecified atom stereocenters. The minimum atomic E-state index is -0.295. The van der Waals surface area contributed by atoms with Gasteiger partial charge in [-0.25, -0.2) is 9.97 Å². The normalized spacial score (nSPS) is 12.0. The summed E-state index contributed by atoms with van der Waals surface area (Å²) in [4.78, 5) is 23.5. The van der Waals surface area contributed by atoms with Crippen molar-refractivity contribution in [2.45, 2.75) is 18.9 Å². The van der Waals surface area contributed by atoms with E-state index in [1.807, 2.05) is 60.9 Å². The summed E-state index contributed by atoms with van der Waals surface area (Å²) >= 11 is 0. The fourth-order valence-corrected chi connectivity index (χ4v) is 3.30. The van der Waals surface area contributed by atoms with Crippen LogP contribution in [0.15, 0.2) is 73.1 Å². The first-order valence-corrected chi connectivity index (χ1v) is 9.65. The van der Waals surface area contributed by atoms with Gasteiger partial charge in [-0.05, 0) is 36.6 Å². The third kappa shape index (κ3) is 4.50. The number of pyridine rings is 1. The Morgan fingerprint density at radius 2 is 1.90 bits per heavy atom. The van der Waals surface area contributed by atoms with E-state index in [2.05, 4.69) is 20.3 Å². The molecule has 0 bridgehead atoms. The molecule has 2 aromatic heterocycles. The molecule has 0 saturated carbocycles. The zero-order chi connectivity index (χ0) is 20.1. The van der Waals surface area contributed by atoms with Crippen LogP contribution in [0.25, 0.3) is 22.4 Å². The van der Waals surface area contributed by atoms with Crippen molar-refractivity contribution in [2.24, 2.45) is 0 Å². The van der Waals surface area contributed by atoms with Gasteiger partial charge in [0.2, 0.25) is 0 Å². The molecule has 0 aliphatic rings. The molecule has 2 heterocycles. The number of hydrogen-bond acceptors (Lipinski definition) is 3. The minimum Gasteiger partial charge on any atom is -0.394 e. The largest absolute Gasteiger partial charge is 0.394 e. The van der Waals surface area contributed by atoms with Crippen molar-refractivity contribution in [3.8, 4) is 11.4 Å². The minimum absolute atomic E-state index is 0.0972. The molecule has 0 fully saturated rings. The number of hydrogen-bond donors (Lipinski definition) is 3. The highest BCUT2D eigenvalue weighted by Crippen LogP contribution is 2.20. The number of carbonyl (C=O) groups excluding carboxylic acids is 1. The van der Waals surface area contributed by atoms with E-state index in [9.17, 15) is 9.90 Å². The molecule has 1 amide bonds. The number of aliphatic hydroxyl groups excluding tert-OH is 1. The third-order valence-corrected chi connectivity index (χ3v) is 4.92. The van der Waals surface area contributed by atoms with Crippen molar-refractivity contribution >= 4 is 16.9 Å². The number of rotatable bonds is 7. The van der Waals surface area contributed by atoms with Crippen LogP contribution in [-0.4, -0.2) is 33.6 Å². The number of aromatic nitrogens is 3. The maximum atomic E-state index is 12.7. The number of imidazole rings is 1. The molecule has 6 nitrogen and oxygen atoms in total. The van der Waals surface area contributed by atoms with Gasteiger partial charge in [0, 0.05) is 23.3 Å². The second kappa shape index (κ2) is 8.67. The lowest BCUT2D eigenvalue weighted by Gasteiger charge is -2.16. The summed E-state index contributed by atoms with van der Waals surface area (Å²) in [6.45, 7) is -0.0972. The summed E-state index contributed by atoms with van der Waals surface area (Å²) in [7, 11) is 0. The predicted molar refractivity (Wildman–Crippen MR) is 111 cm³/mol. The van der Waals surface area contributed by atoms with E-state index >= 15 is 0 Å². The summed E-state index contributed by atoms with van der Waals surface area (Å²) in [6.07, 6.45) is 5.15. The number of amides is 1. The first-order valence-electron chi connectivity index (χ1n) is 9.65. The lowest BCUT2D eigenvalue weighted by Crippen LogP contribution is -2.37. The van der Waals surface area contributed by atoms with Crippen LogP contribution in [0.3, 0.4) is 0 Å². The number of benzene rings is 2. The van der Waals surface area contributed by atoms with Gasteiger partial charge >= 0.3 is 0 Å². The van der Waals surface area contributed by atoms with Gasteiger partial charge in [0.05, 0.1) is 23.7 Å². The summed E-state index contributed by atoms with van der Waals surface area (Å²) in [5, 5.41) is 12.6. The molecule has 4 rings (SSSR count). The van der Waals surface area contributed by atoms with Gasteiger partial charge < -0.3 is 15.4 Å². The van der Waals surface area contributed by atoms with Gasteiger partial charge in [0.15, 0.2) is 12.4 Å². The van der Waals surface area contributed by atoms with Crippen molar-refractivity contribution in [1.82, 2.24) is 15.3 Å². The molecule has 4 N–H and O–H groups in total. The molecule has 2 aromatic carbocycles. The highest BCUT2D eigenvalue weighted by molar-refractivity contribution is 5.97. The number of aromatic amines is 2. The number of fused-ring (bicyclic) bond motifs is 1. The van der Waals surface area contributed by atoms with E-state index in [4.69, 9.17) is 0 Å². The zero-order valence-corrected chi connectivity index (χ0v) is 15.9. The molecule has 0 spiro atoms. The maximum absolute atomic E-state index is 12.7. The molecule has 0 saturated heterocycles. The average Bonchev–Trinajstić information content (AvgIpc) is 3.21. The fraction of sp³-hybridized carbons (Fsp3) is 0.174. The Labute approximate surface area is 168 Å². The monoisotopic (exact) mass is 387 g/mol. The molecule has 4 aromatic rings. The van der Waals surface area contributed by atoms with Crippen molar-refractivity contribution < 1.29 is 14.9 Å². The number of aryl methyl sites for hydroxylation is 1. The first kappa shape index (κ1) is 18.8. The molecular formula is C23H23N4O2+. The predicted octanol–water partition coefficient (Wildman–Crippen LogP) is 2.77. The summed E-state index contributed by atoms with van der Waals surface area (Å²) in [5.74, 6) is 0.548. The van der Waals surface area contributed by atoms with Crippen molar-refractivity contribution in [3.63, 3.8) is 0 Å². The Kier molecular flexibility index (Phi) is 5.63. The quantitative estimate of drug-likeness (QED) is 0.455. The number of nitrogens with one attached hydrogen (secondary N) is 3. The summed E-state index contributed by atoms with van der Waals surface area (Å²) in [6, 6.07) is 19.0. The van der Waals surface area contributed by atoms with Crippen LogP contribution >= 0.6 is 0 Å². The van der Waals surface area contributed by atoms with Crippen LogP contribution in [0.1, 0.15) is 22.3 Å². The van der Waals surface area contributed by atoms with E-state index in [-0.39, 0.29) is 18.6 Å². The smallest absolute Gasteiger partial charge is 0.251 e. The van der Waals surface area contributed by atoms with Gasteiger partial charge in [0.1, 0.15) is 5.82 Å². The van der Waals surface area contributed by atoms with E-state index in [1.165, 1.54) is 5.56 Å². The number of H-pyrrole nitrogens is 2. The number of aliphatic hydroxyl groups is 1. The Morgan fingerprint density at radius 3 is 2.66 bits per heavy atom. The summed E-state index contributed by atoms with van der Waals surface area (Å²) in [5.41, 5.74) is 4.28. The van der Waals surface area contributed by atoms with Gasteiger partial charge in [-0.1, -0.05) is 30.3 Å². The number of carbonyl (C=O) groups is 1. The Hall–Kier alpha value is -3.51. The van der Waals surface area contributed by atoms with Gasteiger partial charge in [-0.2, -0.15) is 0 Å². The molecule has 0 radical (unpaired) electrons. The SMILES string of the molecule is O=C(N[C@H](CO)CCc1ccccc1)c1ccc2nc(-c3cc[nH+]cc3)[nH]c2c1.